The van der Waals surface area contributed by atoms with E-state index < -0.39 is 0 Å². The number of carbonyl (C=O) groups excluding carboxylic acids is 1. The Bertz CT molecular complexity index is 636. The van der Waals surface area contributed by atoms with Gasteiger partial charge in [0, 0.05) is 19.0 Å². The summed E-state index contributed by atoms with van der Waals surface area (Å²) < 4.78 is 2.05. The molecule has 0 bridgehead atoms. The summed E-state index contributed by atoms with van der Waals surface area (Å²) in [5.41, 5.74) is 3.14. The number of aromatic nitrogens is 2. The van der Waals surface area contributed by atoms with E-state index in [1.165, 1.54) is 0 Å². The Morgan fingerprint density at radius 1 is 1.48 bits per heavy atom. The molecule has 0 aliphatic rings. The maximum atomic E-state index is 11.9. The topological polar surface area (TPSA) is 46.9 Å². The number of para-hydroxylation sites is 1. The van der Waals surface area contributed by atoms with Crippen molar-refractivity contribution in [2.24, 2.45) is 0 Å². The second-order valence-corrected chi connectivity index (χ2v) is 5.65. The fourth-order valence-electron chi connectivity index (χ4n) is 2.35. The molecule has 0 spiro atoms. The van der Waals surface area contributed by atoms with Crippen LogP contribution in [0.15, 0.2) is 18.2 Å². The van der Waals surface area contributed by atoms with E-state index in [1.807, 2.05) is 36.6 Å². The van der Waals surface area contributed by atoms with Gasteiger partial charge in [-0.2, -0.15) is 0 Å². The van der Waals surface area contributed by atoms with Crippen molar-refractivity contribution in [3.05, 3.63) is 29.6 Å². The molecule has 0 radical (unpaired) electrons. The summed E-state index contributed by atoms with van der Waals surface area (Å²) in [6, 6.07) is 6.28. The van der Waals surface area contributed by atoms with E-state index in [2.05, 4.69) is 17.2 Å². The number of alkyl halides is 1. The van der Waals surface area contributed by atoms with Crippen LogP contribution in [0.2, 0.25) is 0 Å². The summed E-state index contributed by atoms with van der Waals surface area (Å²) in [7, 11) is 0. The molecule has 114 valence electrons. The molecule has 1 heterocycles. The quantitative estimate of drug-likeness (QED) is 0.832. The van der Waals surface area contributed by atoms with Gasteiger partial charge in [-0.25, -0.2) is 4.98 Å². The third-order valence-electron chi connectivity index (χ3n) is 3.76. The van der Waals surface area contributed by atoms with E-state index in [0.29, 0.717) is 18.8 Å². The molecule has 0 aliphatic carbocycles. The number of benzene rings is 1. The smallest absolute Gasteiger partial charge is 0.221 e. The van der Waals surface area contributed by atoms with Gasteiger partial charge in [0.05, 0.1) is 16.9 Å². The molecule has 2 rings (SSSR count). The van der Waals surface area contributed by atoms with Crippen LogP contribution in [-0.2, 0) is 17.2 Å². The van der Waals surface area contributed by atoms with Gasteiger partial charge >= 0.3 is 0 Å². The largest absolute Gasteiger partial charge is 0.354 e. The van der Waals surface area contributed by atoms with Crippen molar-refractivity contribution >= 4 is 28.5 Å². The Kier molecular flexibility index (Phi) is 5.23. The summed E-state index contributed by atoms with van der Waals surface area (Å²) in [4.78, 5) is 16.5. The summed E-state index contributed by atoms with van der Waals surface area (Å²) in [5, 5.41) is 2.98. The standard InChI is InChI=1S/C16H22ClN3O/c1-4-12(3)18-15(21)8-9-20-13-7-5-6-11(2)16(13)19-14(20)10-17/h5-7,12H,4,8-10H2,1-3H3,(H,18,21). The van der Waals surface area contributed by atoms with Gasteiger partial charge in [-0.1, -0.05) is 19.1 Å². The number of amides is 1. The summed E-state index contributed by atoms with van der Waals surface area (Å²) in [6.45, 7) is 6.71. The molecule has 1 amide bonds. The fourth-order valence-corrected chi connectivity index (χ4v) is 2.55. The summed E-state index contributed by atoms with van der Waals surface area (Å²) in [6.07, 6.45) is 1.37. The Balaban J connectivity index is 2.18. The van der Waals surface area contributed by atoms with Crippen LogP contribution in [0, 0.1) is 6.92 Å². The van der Waals surface area contributed by atoms with Crippen LogP contribution < -0.4 is 5.32 Å². The monoisotopic (exact) mass is 307 g/mol. The van der Waals surface area contributed by atoms with Gasteiger partial charge in [-0.05, 0) is 31.9 Å². The molecule has 4 nitrogen and oxygen atoms in total. The fraction of sp³-hybridized carbons (Fsp3) is 0.500. The zero-order valence-electron chi connectivity index (χ0n) is 12.8. The molecular weight excluding hydrogens is 286 g/mol. The van der Waals surface area contributed by atoms with Crippen molar-refractivity contribution in [3.63, 3.8) is 0 Å². The van der Waals surface area contributed by atoms with Gasteiger partial charge < -0.3 is 9.88 Å². The predicted octanol–water partition coefficient (Wildman–Crippen LogP) is 3.39. The summed E-state index contributed by atoms with van der Waals surface area (Å²) >= 11 is 5.99. The van der Waals surface area contributed by atoms with E-state index in [4.69, 9.17) is 11.6 Å². The third-order valence-corrected chi connectivity index (χ3v) is 4.00. The number of rotatable bonds is 6. The average molecular weight is 308 g/mol. The molecule has 1 N–H and O–H groups in total. The van der Waals surface area contributed by atoms with Crippen LogP contribution in [0.3, 0.4) is 0 Å². The second kappa shape index (κ2) is 6.94. The SMILES string of the molecule is CCC(C)NC(=O)CCn1c(CCl)nc2c(C)cccc21. The minimum Gasteiger partial charge on any atom is -0.354 e. The van der Waals surface area contributed by atoms with E-state index in [1.54, 1.807) is 0 Å². The van der Waals surface area contributed by atoms with Crippen LogP contribution >= 0.6 is 11.6 Å². The van der Waals surface area contributed by atoms with Crippen LogP contribution in [0.4, 0.5) is 0 Å². The number of aryl methyl sites for hydroxylation is 2. The summed E-state index contributed by atoms with van der Waals surface area (Å²) in [5.74, 6) is 1.23. The van der Waals surface area contributed by atoms with Crippen molar-refractivity contribution in [1.29, 1.82) is 0 Å². The predicted molar refractivity (Wildman–Crippen MR) is 86.5 cm³/mol. The Hall–Kier alpha value is -1.55. The van der Waals surface area contributed by atoms with E-state index in [-0.39, 0.29) is 11.9 Å². The number of nitrogens with one attached hydrogen (secondary N) is 1. The average Bonchev–Trinajstić information content (AvgIpc) is 2.84. The molecule has 2 aromatic rings. The molecule has 1 aromatic carbocycles. The highest BCUT2D eigenvalue weighted by molar-refractivity contribution is 6.16. The lowest BCUT2D eigenvalue weighted by Gasteiger charge is -2.12. The molecular formula is C16H22ClN3O. The Labute approximate surface area is 130 Å². The van der Waals surface area contributed by atoms with Gasteiger partial charge in [0.2, 0.25) is 5.91 Å². The van der Waals surface area contributed by atoms with Crippen molar-refractivity contribution in [3.8, 4) is 0 Å². The number of nitrogens with zero attached hydrogens (tertiary/aromatic N) is 2. The highest BCUT2D eigenvalue weighted by atomic mass is 35.5. The zero-order chi connectivity index (χ0) is 15.4. The number of hydrogen-bond donors (Lipinski definition) is 1. The first-order valence-electron chi connectivity index (χ1n) is 7.36. The van der Waals surface area contributed by atoms with Crippen LogP contribution in [0.1, 0.15) is 38.1 Å². The van der Waals surface area contributed by atoms with Crippen LogP contribution in [0.25, 0.3) is 11.0 Å². The first kappa shape index (κ1) is 15.8. The number of halogens is 1. The molecule has 0 aliphatic heterocycles. The van der Waals surface area contributed by atoms with E-state index in [0.717, 1.165) is 28.8 Å². The molecule has 0 saturated heterocycles. The highest BCUT2D eigenvalue weighted by Gasteiger charge is 2.13. The van der Waals surface area contributed by atoms with Crippen LogP contribution in [0.5, 0.6) is 0 Å². The van der Waals surface area contributed by atoms with E-state index >= 15 is 0 Å². The van der Waals surface area contributed by atoms with Gasteiger partial charge in [0.15, 0.2) is 0 Å². The minimum atomic E-state index is 0.0689. The molecule has 21 heavy (non-hydrogen) atoms. The number of imidazole rings is 1. The number of fused-ring (bicyclic) bond motifs is 1. The third kappa shape index (κ3) is 3.56. The molecule has 1 unspecified atom stereocenters. The Morgan fingerprint density at radius 3 is 2.90 bits per heavy atom. The number of carbonyl (C=O) groups is 1. The first-order valence-corrected chi connectivity index (χ1v) is 7.90. The zero-order valence-corrected chi connectivity index (χ0v) is 13.6. The molecule has 0 saturated carbocycles. The maximum Gasteiger partial charge on any atom is 0.221 e. The molecule has 1 atom stereocenters. The first-order chi connectivity index (χ1) is 10.1. The lowest BCUT2D eigenvalue weighted by Crippen LogP contribution is -2.32. The highest BCUT2D eigenvalue weighted by Crippen LogP contribution is 2.21. The van der Waals surface area contributed by atoms with Crippen molar-refractivity contribution in [1.82, 2.24) is 14.9 Å². The molecule has 1 aromatic heterocycles. The van der Waals surface area contributed by atoms with Gasteiger partial charge in [0.25, 0.3) is 0 Å². The maximum absolute atomic E-state index is 11.9. The molecule has 5 heteroatoms. The van der Waals surface area contributed by atoms with Crippen LogP contribution in [-0.4, -0.2) is 21.5 Å². The van der Waals surface area contributed by atoms with E-state index in [9.17, 15) is 4.79 Å². The lowest BCUT2D eigenvalue weighted by molar-refractivity contribution is -0.121. The van der Waals surface area contributed by atoms with Gasteiger partial charge in [-0.15, -0.1) is 11.6 Å². The van der Waals surface area contributed by atoms with Gasteiger partial charge in [0.1, 0.15) is 5.82 Å². The van der Waals surface area contributed by atoms with Gasteiger partial charge in [-0.3, -0.25) is 4.79 Å². The van der Waals surface area contributed by atoms with Crippen molar-refractivity contribution in [2.45, 2.75) is 52.1 Å². The van der Waals surface area contributed by atoms with Crippen molar-refractivity contribution < 1.29 is 4.79 Å². The Morgan fingerprint density at radius 2 is 2.24 bits per heavy atom. The molecule has 0 fully saturated rings. The second-order valence-electron chi connectivity index (χ2n) is 5.38. The number of hydrogen-bond acceptors (Lipinski definition) is 2. The minimum absolute atomic E-state index is 0.0689. The lowest BCUT2D eigenvalue weighted by atomic mass is 10.2. The normalized spacial score (nSPS) is 12.6. The van der Waals surface area contributed by atoms with Crippen molar-refractivity contribution in [2.75, 3.05) is 0 Å².